The Hall–Kier alpha value is -1.52. The van der Waals surface area contributed by atoms with Gasteiger partial charge in [-0.2, -0.15) is 0 Å². The molecule has 1 saturated heterocycles. The van der Waals surface area contributed by atoms with Crippen LogP contribution in [0.5, 0.6) is 0 Å². The minimum Gasteiger partial charge on any atom is -0.394 e. The maximum atomic E-state index is 12.0. The third-order valence-corrected chi connectivity index (χ3v) is 3.80. The zero-order valence-electron chi connectivity index (χ0n) is 12.1. The average Bonchev–Trinajstić information content (AvgIpc) is 2.98. The molecule has 6 atom stereocenters. The largest absolute Gasteiger partial charge is 0.394 e. The first-order chi connectivity index (χ1) is 10.4. The molecule has 6 N–H and O–H groups in total. The number of carbonyl (C=O) groups excluding carboxylic acids is 2. The molecule has 6 unspecified atom stereocenters. The number of aliphatic hydroxyl groups is 3. The Kier molecular flexibility index (Phi) is 5.14. The molecule has 0 saturated carbocycles. The molecule has 2 aliphatic heterocycles. The Morgan fingerprint density at radius 1 is 1.36 bits per heavy atom. The van der Waals surface area contributed by atoms with Gasteiger partial charge in [0.1, 0.15) is 24.1 Å². The second kappa shape index (κ2) is 6.71. The lowest BCUT2D eigenvalue weighted by molar-refractivity contribution is -0.129. The highest BCUT2D eigenvalue weighted by molar-refractivity contribution is 5.87. The second-order valence-corrected chi connectivity index (χ2v) is 5.45. The Morgan fingerprint density at radius 2 is 2.05 bits per heavy atom. The van der Waals surface area contributed by atoms with Gasteiger partial charge in [-0.25, -0.2) is 0 Å². The fourth-order valence-electron chi connectivity index (χ4n) is 2.54. The summed E-state index contributed by atoms with van der Waals surface area (Å²) in [5.41, 5.74) is 5.99. The smallest absolute Gasteiger partial charge is 0.230 e. The summed E-state index contributed by atoms with van der Waals surface area (Å²) in [5, 5.41) is 31.3. The van der Waals surface area contributed by atoms with E-state index in [0.717, 1.165) is 0 Å². The second-order valence-electron chi connectivity index (χ2n) is 5.45. The predicted octanol–water partition coefficient (Wildman–Crippen LogP) is -3.14. The number of nitrogens with one attached hydrogen (secondary N) is 1. The van der Waals surface area contributed by atoms with E-state index in [1.165, 1.54) is 24.1 Å². The van der Waals surface area contributed by atoms with Crippen molar-refractivity contribution >= 4 is 11.7 Å². The number of carbonyl (C=O) groups is 2. The van der Waals surface area contributed by atoms with Crippen molar-refractivity contribution in [3.63, 3.8) is 0 Å². The highest BCUT2D eigenvalue weighted by Gasteiger charge is 2.48. The van der Waals surface area contributed by atoms with Gasteiger partial charge in [-0.15, -0.1) is 0 Å². The van der Waals surface area contributed by atoms with Gasteiger partial charge >= 0.3 is 0 Å². The first kappa shape index (κ1) is 16.8. The molecule has 22 heavy (non-hydrogen) atoms. The average molecular weight is 315 g/mol. The third-order valence-electron chi connectivity index (χ3n) is 3.80. The number of rotatable bonds is 5. The van der Waals surface area contributed by atoms with Crippen molar-refractivity contribution < 1.29 is 29.6 Å². The van der Waals surface area contributed by atoms with Crippen LogP contribution in [0.3, 0.4) is 0 Å². The number of nitrogens with zero attached hydrogens (tertiary/aromatic N) is 1. The van der Waals surface area contributed by atoms with Crippen molar-refractivity contribution in [3.05, 3.63) is 12.3 Å². The first-order valence-electron chi connectivity index (χ1n) is 6.97. The lowest BCUT2D eigenvalue weighted by Gasteiger charge is -2.32. The van der Waals surface area contributed by atoms with E-state index >= 15 is 0 Å². The predicted molar refractivity (Wildman–Crippen MR) is 73.9 cm³/mol. The van der Waals surface area contributed by atoms with Crippen molar-refractivity contribution in [2.75, 3.05) is 13.2 Å². The maximum absolute atomic E-state index is 12.0. The molecule has 0 spiro atoms. The summed E-state index contributed by atoms with van der Waals surface area (Å²) in [5.74, 6) is -1.29. The van der Waals surface area contributed by atoms with E-state index < -0.39 is 49.1 Å². The van der Waals surface area contributed by atoms with E-state index in [-0.39, 0.29) is 12.3 Å². The van der Waals surface area contributed by atoms with Gasteiger partial charge < -0.3 is 36.0 Å². The standard InChI is InChI=1S/C13H21N3O6/c1-6(18)4-15-12(21)7-2-3-16(11(7)14)13-10(20)9(19)8(5-17)22-13/h2-3,7-11,13,17,19-20H,4-5,14H2,1H3,(H,15,21). The molecule has 1 fully saturated rings. The topological polar surface area (TPSA) is 145 Å². The number of aliphatic hydroxyl groups excluding tert-OH is 3. The van der Waals surface area contributed by atoms with Crippen LogP contribution in [-0.2, 0) is 14.3 Å². The van der Waals surface area contributed by atoms with E-state index in [1.54, 1.807) is 0 Å². The quantitative estimate of drug-likeness (QED) is 0.358. The molecule has 0 aromatic rings. The molecule has 9 heteroatoms. The van der Waals surface area contributed by atoms with Crippen LogP contribution in [0.4, 0.5) is 0 Å². The molecule has 124 valence electrons. The van der Waals surface area contributed by atoms with Crippen molar-refractivity contribution in [1.29, 1.82) is 0 Å². The van der Waals surface area contributed by atoms with Gasteiger partial charge in [-0.05, 0) is 6.92 Å². The van der Waals surface area contributed by atoms with Crippen molar-refractivity contribution in [2.24, 2.45) is 11.7 Å². The zero-order chi connectivity index (χ0) is 16.4. The van der Waals surface area contributed by atoms with Gasteiger partial charge in [0.2, 0.25) is 5.91 Å². The molecular formula is C13H21N3O6. The SMILES string of the molecule is CC(=O)CNC(=O)C1C=CN(C2OC(CO)C(O)C2O)C1N. The number of ketones is 1. The summed E-state index contributed by atoms with van der Waals surface area (Å²) in [6.45, 7) is 0.837. The van der Waals surface area contributed by atoms with Crippen LogP contribution in [0.2, 0.25) is 0 Å². The van der Waals surface area contributed by atoms with Gasteiger partial charge in [0, 0.05) is 6.20 Å². The molecule has 2 heterocycles. The Morgan fingerprint density at radius 3 is 2.59 bits per heavy atom. The molecule has 0 aliphatic carbocycles. The highest BCUT2D eigenvalue weighted by Crippen LogP contribution is 2.29. The van der Waals surface area contributed by atoms with E-state index in [1.807, 2.05) is 0 Å². The van der Waals surface area contributed by atoms with E-state index in [2.05, 4.69) is 5.32 Å². The first-order valence-corrected chi connectivity index (χ1v) is 6.97. The minimum atomic E-state index is -1.26. The van der Waals surface area contributed by atoms with Gasteiger partial charge in [0.05, 0.1) is 25.2 Å². The Balaban J connectivity index is 2.00. The number of hydrogen-bond acceptors (Lipinski definition) is 8. The van der Waals surface area contributed by atoms with E-state index in [4.69, 9.17) is 15.6 Å². The van der Waals surface area contributed by atoms with Crippen LogP contribution >= 0.6 is 0 Å². The number of amides is 1. The highest BCUT2D eigenvalue weighted by atomic mass is 16.6. The number of ether oxygens (including phenoxy) is 1. The normalized spacial score (nSPS) is 37.6. The molecule has 0 aromatic heterocycles. The molecule has 0 aromatic carbocycles. The molecule has 2 rings (SSSR count). The summed E-state index contributed by atoms with van der Waals surface area (Å²) < 4.78 is 5.37. The van der Waals surface area contributed by atoms with Gasteiger partial charge in [-0.1, -0.05) is 6.08 Å². The minimum absolute atomic E-state index is 0.0796. The van der Waals surface area contributed by atoms with Crippen LogP contribution in [-0.4, -0.2) is 75.8 Å². The molecule has 1 amide bonds. The Labute approximate surface area is 127 Å². The molecule has 2 aliphatic rings. The fourth-order valence-corrected chi connectivity index (χ4v) is 2.54. The van der Waals surface area contributed by atoms with E-state index in [0.29, 0.717) is 0 Å². The zero-order valence-corrected chi connectivity index (χ0v) is 12.1. The molecule has 0 bridgehead atoms. The van der Waals surface area contributed by atoms with Gasteiger partial charge in [0.15, 0.2) is 6.23 Å². The van der Waals surface area contributed by atoms with Crippen LogP contribution in [0.25, 0.3) is 0 Å². The van der Waals surface area contributed by atoms with Gasteiger partial charge in [-0.3, -0.25) is 9.59 Å². The summed E-state index contributed by atoms with van der Waals surface area (Å²) in [6.07, 6.45) is -2.13. The summed E-state index contributed by atoms with van der Waals surface area (Å²) in [4.78, 5) is 24.3. The lowest BCUT2D eigenvalue weighted by atomic mass is 10.1. The fraction of sp³-hybridized carbons (Fsp3) is 0.692. The monoisotopic (exact) mass is 315 g/mol. The molecule has 0 radical (unpaired) electrons. The van der Waals surface area contributed by atoms with Gasteiger partial charge in [0.25, 0.3) is 0 Å². The van der Waals surface area contributed by atoms with Crippen LogP contribution in [0, 0.1) is 5.92 Å². The van der Waals surface area contributed by atoms with Crippen LogP contribution in [0.15, 0.2) is 12.3 Å². The summed E-state index contributed by atoms with van der Waals surface area (Å²) in [6, 6.07) is 0. The number of nitrogens with two attached hydrogens (primary N) is 1. The van der Waals surface area contributed by atoms with Crippen molar-refractivity contribution in [1.82, 2.24) is 10.2 Å². The van der Waals surface area contributed by atoms with Crippen LogP contribution in [0.1, 0.15) is 6.92 Å². The summed E-state index contributed by atoms with van der Waals surface area (Å²) in [7, 11) is 0. The maximum Gasteiger partial charge on any atom is 0.230 e. The Bertz CT molecular complexity index is 471. The third kappa shape index (κ3) is 3.13. The number of hydrogen-bond donors (Lipinski definition) is 5. The van der Waals surface area contributed by atoms with E-state index in [9.17, 15) is 19.8 Å². The van der Waals surface area contributed by atoms with Crippen molar-refractivity contribution in [2.45, 2.75) is 37.6 Å². The number of Topliss-reactive ketones (excluding diaryl/α,β-unsaturated/α-hetero) is 1. The summed E-state index contributed by atoms with van der Waals surface area (Å²) >= 11 is 0. The van der Waals surface area contributed by atoms with Crippen molar-refractivity contribution in [3.8, 4) is 0 Å². The molecular weight excluding hydrogens is 294 g/mol. The van der Waals surface area contributed by atoms with Crippen LogP contribution < -0.4 is 11.1 Å². The lowest BCUT2D eigenvalue weighted by Crippen LogP contribution is -2.53. The molecule has 9 nitrogen and oxygen atoms in total.